The molecule has 0 radical (unpaired) electrons. The first kappa shape index (κ1) is 70.3. The van der Waals surface area contributed by atoms with E-state index in [9.17, 15) is 71.1 Å². The van der Waals surface area contributed by atoms with Gasteiger partial charge in [-0.15, -0.1) is 4.33 Å². The van der Waals surface area contributed by atoms with Crippen LogP contribution in [0.4, 0.5) is 11.4 Å². The molecule has 0 saturated carbocycles. The summed E-state index contributed by atoms with van der Waals surface area (Å²) in [6.45, 7) is 6.55. The summed E-state index contributed by atoms with van der Waals surface area (Å²) in [4.78, 5) is 50.9. The monoisotopic (exact) mass is 1330 g/mol. The van der Waals surface area contributed by atoms with Crippen LogP contribution in [0.3, 0.4) is 0 Å². The van der Waals surface area contributed by atoms with Gasteiger partial charge in [-0.1, -0.05) is 48.6 Å². The van der Waals surface area contributed by atoms with Crippen molar-refractivity contribution in [1.82, 2.24) is 16.0 Å². The first-order valence-corrected chi connectivity index (χ1v) is 35.8. The Morgan fingerprint density at radius 2 is 1.46 bits per heavy atom. The number of benzene rings is 4. The van der Waals surface area contributed by atoms with Gasteiger partial charge in [-0.25, -0.2) is 13.7 Å². The van der Waals surface area contributed by atoms with Gasteiger partial charge in [0.05, 0.1) is 33.0 Å². The highest BCUT2D eigenvalue weighted by Crippen LogP contribution is 2.55. The summed E-state index contributed by atoms with van der Waals surface area (Å²) in [7, 11) is -19.8. The smallest absolute Gasteiger partial charge is 0.303 e. The Balaban J connectivity index is 1.32. The highest BCUT2D eigenvalue weighted by molar-refractivity contribution is 7.94. The molecule has 486 valence electrons. The van der Waals surface area contributed by atoms with Crippen LogP contribution in [0.1, 0.15) is 141 Å². The predicted octanol–water partition coefficient (Wildman–Crippen LogP) is 8.30. The fourth-order valence-corrected chi connectivity index (χ4v) is 15.2. The van der Waals surface area contributed by atoms with Crippen molar-refractivity contribution in [2.75, 3.05) is 36.8 Å². The maximum Gasteiger partial charge on any atom is 0.303 e. The third-order valence-electron chi connectivity index (χ3n) is 16.3. The highest BCUT2D eigenvalue weighted by Gasteiger charge is 2.47. The van der Waals surface area contributed by atoms with Gasteiger partial charge < -0.3 is 30.5 Å². The fourth-order valence-electron chi connectivity index (χ4n) is 12.2. The lowest BCUT2D eigenvalue weighted by molar-refractivity contribution is -0.438. The lowest BCUT2D eigenvalue weighted by Crippen LogP contribution is -2.47. The number of nitrogens with zero attached hydrogens (tertiary/aromatic N) is 2. The summed E-state index contributed by atoms with van der Waals surface area (Å²) in [5, 5.41) is 31.3. The minimum Gasteiger partial charge on any atom is -0.744 e. The second kappa shape index (κ2) is 29.9. The van der Waals surface area contributed by atoms with E-state index < -0.39 is 89.7 Å². The lowest BCUT2D eigenvalue weighted by atomic mass is 9.75. The van der Waals surface area contributed by atoms with E-state index in [0.29, 0.717) is 140 Å². The molecule has 4 aromatic rings. The Hall–Kier alpha value is -6.16. The number of unbranched alkanes of at least 4 members (excludes halogenated alkanes) is 2. The highest BCUT2D eigenvalue weighted by atomic mass is 32.2. The summed E-state index contributed by atoms with van der Waals surface area (Å²) < 4.78 is 151. The van der Waals surface area contributed by atoms with Crippen LogP contribution in [0, 0.1) is 0 Å². The van der Waals surface area contributed by atoms with E-state index in [1.54, 1.807) is 41.3 Å². The molecule has 0 bridgehead atoms. The lowest BCUT2D eigenvalue weighted by Gasteiger charge is -2.31. The van der Waals surface area contributed by atoms with Crippen LogP contribution in [0.15, 0.2) is 104 Å². The van der Waals surface area contributed by atoms with Crippen molar-refractivity contribution in [3.8, 4) is 0 Å². The number of carbonyl (C=O) groups is 4. The number of hydrogen-bond donors (Lipinski definition) is 8. The van der Waals surface area contributed by atoms with Gasteiger partial charge in [-0.2, -0.15) is 29.8 Å². The van der Waals surface area contributed by atoms with E-state index in [1.165, 1.54) is 12.1 Å². The van der Waals surface area contributed by atoms with Crippen LogP contribution < -0.4 is 20.9 Å². The number of hydrogen-bond acceptors (Lipinski definition) is 18. The maximum atomic E-state index is 13.5. The van der Waals surface area contributed by atoms with Crippen molar-refractivity contribution in [2.45, 2.75) is 166 Å². The number of amides is 3. The molecule has 8 N–H and O–H groups in total. The summed E-state index contributed by atoms with van der Waals surface area (Å²) in [5.74, 6) is -2.53. The zero-order valence-electron chi connectivity index (χ0n) is 49.4. The van der Waals surface area contributed by atoms with Gasteiger partial charge in [0, 0.05) is 90.1 Å². The molecule has 3 amide bonds. The topological polar surface area (TPSA) is 390 Å². The Bertz CT molecular complexity index is 3960. The third kappa shape index (κ3) is 17.9. The number of fused-ring (bicyclic) bond motifs is 9. The Labute approximate surface area is 522 Å². The van der Waals surface area contributed by atoms with Crippen molar-refractivity contribution in [1.29, 1.82) is 0 Å². The van der Waals surface area contributed by atoms with Crippen LogP contribution in [-0.4, -0.2) is 134 Å². The molecular formula is C59H75N5O20S5. The van der Waals surface area contributed by atoms with E-state index in [-0.39, 0.29) is 85.6 Å². The second-order valence-corrected chi connectivity index (χ2v) is 29.5. The van der Waals surface area contributed by atoms with Gasteiger partial charge in [0.2, 0.25) is 23.4 Å². The van der Waals surface area contributed by atoms with Gasteiger partial charge in [0.25, 0.3) is 30.4 Å². The number of anilines is 1. The molecule has 25 nitrogen and oxygen atoms in total. The Morgan fingerprint density at radius 3 is 2.15 bits per heavy atom. The molecule has 3 aliphatic rings. The number of nitrogens with one attached hydrogen (secondary N) is 3. The molecule has 89 heavy (non-hydrogen) atoms. The van der Waals surface area contributed by atoms with E-state index in [2.05, 4.69) is 21.0 Å². The summed E-state index contributed by atoms with van der Waals surface area (Å²) in [6.07, 6.45) is 14.7. The zero-order valence-corrected chi connectivity index (χ0v) is 53.5. The molecule has 0 aliphatic carbocycles. The maximum absolute atomic E-state index is 13.5. The van der Waals surface area contributed by atoms with Gasteiger partial charge in [0.1, 0.15) is 27.6 Å². The van der Waals surface area contributed by atoms with E-state index in [4.69, 9.17) is 14.7 Å². The van der Waals surface area contributed by atoms with Crippen LogP contribution >= 0.6 is 12.0 Å². The average molecular weight is 1330 g/mol. The number of carboxylic acids is 1. The first-order valence-electron chi connectivity index (χ1n) is 29.1. The zero-order chi connectivity index (χ0) is 65.1. The summed E-state index contributed by atoms with van der Waals surface area (Å²) in [5.41, 5.74) is 1.21. The summed E-state index contributed by atoms with van der Waals surface area (Å²) in [6, 6.07) is 9.73. The van der Waals surface area contributed by atoms with Crippen LogP contribution in [0.25, 0.3) is 21.5 Å². The SMILES string of the molecule is CC1(C)C2=[N+](CCCCCC(=O)NC(C(=O)NCCCCCC(=O)O)CCCCNC(=O)CCCCCC3(C)/C(=C/C=C/C=C/2)N(CCCS(=O)(=O)O)c2ccc4c(S(=O)(=O)O)cc(S(=O)(=O)O)cc4c23)c2ccc3c(SOOO)cc(S(=O)(=O)[O-])cc3c21. The number of allylic oxidation sites excluding steroid dienone is 6. The van der Waals surface area contributed by atoms with E-state index >= 15 is 0 Å². The Kier molecular flexibility index (Phi) is 23.6. The molecule has 2 unspecified atom stereocenters. The fraction of sp³-hybridized carbons (Fsp3) is 0.475. The minimum absolute atomic E-state index is 0.00626. The first-order chi connectivity index (χ1) is 41.9. The molecule has 0 aromatic heterocycles. The van der Waals surface area contributed by atoms with Crippen molar-refractivity contribution in [3.63, 3.8) is 0 Å². The van der Waals surface area contributed by atoms with Crippen molar-refractivity contribution < 1.29 is 95.4 Å². The van der Waals surface area contributed by atoms with E-state index in [1.807, 2.05) is 37.5 Å². The van der Waals surface area contributed by atoms with Crippen molar-refractivity contribution in [2.24, 2.45) is 0 Å². The molecule has 3 aliphatic heterocycles. The summed E-state index contributed by atoms with van der Waals surface area (Å²) >= 11 is 0.488. The molecule has 7 rings (SSSR count). The molecular weight excluding hydrogens is 1260 g/mol. The van der Waals surface area contributed by atoms with Crippen LogP contribution in [0.2, 0.25) is 0 Å². The molecule has 4 aromatic carbocycles. The number of rotatable bonds is 17. The molecule has 0 saturated heterocycles. The normalized spacial score (nSPS) is 21.1. The van der Waals surface area contributed by atoms with Gasteiger partial charge >= 0.3 is 5.97 Å². The molecule has 3 heterocycles. The predicted molar refractivity (Wildman–Crippen MR) is 331 cm³/mol. The third-order valence-corrected chi connectivity index (χ3v) is 20.3. The van der Waals surface area contributed by atoms with E-state index in [0.717, 1.165) is 12.1 Å². The molecule has 0 spiro atoms. The standard InChI is InChI=1S/C59H75N5O20S5/c1-58(2)50-20-8-4-9-21-51-59(3,56-44-36-40(88(77,78)79)38-49(89(80,81)82)42(44)26-28-47(56)64(51)33-18-34-86(71,72)73)29-14-5-10-22-52(65)60-30-16-13-19-45(57(69)61-31-15-6-12-24-54(67)68)62-53(66)23-11-7-17-32-63(50)46-27-25-41-43(55(46)58)35-39(87(74,75)76)37-48(41)85-84-83-70/h4,8-9,20-21,25-28,35-38,45H,5-7,10-19,22-24,29-34H2,1-3H3,(H8-,60,61,62,65,66,67,68,69,70,71,72,73,74,75,76,77,78,79,80,81,82). The van der Waals surface area contributed by atoms with Gasteiger partial charge in [-0.3, -0.25) is 32.8 Å². The second-order valence-electron chi connectivity index (χ2n) is 23.0. The quantitative estimate of drug-likeness (QED) is 0.0123. The van der Waals surface area contributed by atoms with Gasteiger partial charge in [-0.05, 0) is 149 Å². The van der Waals surface area contributed by atoms with Crippen LogP contribution in [0.5, 0.6) is 0 Å². The molecule has 2 atom stereocenters. The Morgan fingerprint density at radius 1 is 0.764 bits per heavy atom. The molecule has 30 heteroatoms. The number of carboxylic acid groups (broad SMARTS) is 1. The largest absolute Gasteiger partial charge is 0.744 e. The molecule has 0 fully saturated rings. The minimum atomic E-state index is -5.13. The van der Waals surface area contributed by atoms with Gasteiger partial charge in [0.15, 0.2) is 5.71 Å². The number of aliphatic carboxylic acids is 1. The number of carbonyl (C=O) groups excluding carboxylic acids is 3. The van der Waals surface area contributed by atoms with Crippen LogP contribution in [-0.2, 0) is 79.9 Å². The van der Waals surface area contributed by atoms with Crippen molar-refractivity contribution >= 4 is 115 Å². The van der Waals surface area contributed by atoms with Crippen molar-refractivity contribution in [3.05, 3.63) is 95.7 Å². The average Bonchev–Trinajstić information content (AvgIpc) is 1.61.